The number of carbonyl (C=O) groups is 2. The van der Waals surface area contributed by atoms with Gasteiger partial charge in [-0.2, -0.15) is 0 Å². The minimum atomic E-state index is -0.906. The molecule has 1 fully saturated rings. The summed E-state index contributed by atoms with van der Waals surface area (Å²) in [6, 6.07) is 13.0. The van der Waals surface area contributed by atoms with Gasteiger partial charge in [-0.3, -0.25) is 14.6 Å². The van der Waals surface area contributed by atoms with Crippen molar-refractivity contribution in [2.24, 2.45) is 0 Å². The molecule has 1 saturated heterocycles. The second kappa shape index (κ2) is 9.12. The number of ketones is 1. The van der Waals surface area contributed by atoms with Crippen LogP contribution in [0.3, 0.4) is 0 Å². The average Bonchev–Trinajstić information content (AvgIpc) is 3.09. The third kappa shape index (κ3) is 4.15. The van der Waals surface area contributed by atoms with Crippen molar-refractivity contribution < 1.29 is 28.6 Å². The van der Waals surface area contributed by atoms with Gasteiger partial charge in [0.25, 0.3) is 11.7 Å². The number of Topliss-reactive ketones (excluding diaryl/α,β-unsaturated/α-hetero) is 1. The summed E-state index contributed by atoms with van der Waals surface area (Å²) >= 11 is 0. The first-order chi connectivity index (χ1) is 15.9. The van der Waals surface area contributed by atoms with Gasteiger partial charge in [0.05, 0.1) is 31.4 Å². The van der Waals surface area contributed by atoms with Crippen LogP contribution in [0, 0.1) is 5.82 Å². The molecule has 7 nitrogen and oxygen atoms in total. The molecular weight excluding hydrogens is 427 g/mol. The smallest absolute Gasteiger partial charge is 0.295 e. The molecule has 4 rings (SSSR count). The third-order valence-electron chi connectivity index (χ3n) is 5.49. The first-order valence-corrected chi connectivity index (χ1v) is 10.1. The summed E-state index contributed by atoms with van der Waals surface area (Å²) in [6.45, 7) is 0.112. The van der Waals surface area contributed by atoms with Gasteiger partial charge in [-0.15, -0.1) is 0 Å². The third-order valence-corrected chi connectivity index (χ3v) is 5.49. The fourth-order valence-corrected chi connectivity index (χ4v) is 3.87. The number of halogens is 1. The number of aliphatic hydroxyl groups is 1. The van der Waals surface area contributed by atoms with Crippen molar-refractivity contribution in [3.63, 3.8) is 0 Å². The Hall–Kier alpha value is -4.20. The van der Waals surface area contributed by atoms with E-state index in [1.807, 2.05) is 0 Å². The van der Waals surface area contributed by atoms with E-state index in [-0.39, 0.29) is 23.4 Å². The number of aliphatic hydroxyl groups excluding tert-OH is 1. The van der Waals surface area contributed by atoms with Crippen molar-refractivity contribution in [1.82, 2.24) is 9.88 Å². The Labute approximate surface area is 189 Å². The van der Waals surface area contributed by atoms with Crippen molar-refractivity contribution in [1.29, 1.82) is 0 Å². The number of methoxy groups -OCH3 is 2. The van der Waals surface area contributed by atoms with Gasteiger partial charge in [0.15, 0.2) is 0 Å². The van der Waals surface area contributed by atoms with Gasteiger partial charge in [-0.05, 0) is 53.6 Å². The summed E-state index contributed by atoms with van der Waals surface area (Å²) in [4.78, 5) is 31.6. The highest BCUT2D eigenvalue weighted by atomic mass is 19.1. The first kappa shape index (κ1) is 22.0. The van der Waals surface area contributed by atoms with Gasteiger partial charge >= 0.3 is 0 Å². The Morgan fingerprint density at radius 1 is 1.03 bits per heavy atom. The van der Waals surface area contributed by atoms with Crippen molar-refractivity contribution in [2.45, 2.75) is 12.6 Å². The van der Waals surface area contributed by atoms with Crippen molar-refractivity contribution in [3.8, 4) is 11.5 Å². The molecule has 33 heavy (non-hydrogen) atoms. The van der Waals surface area contributed by atoms with Gasteiger partial charge in [-0.1, -0.05) is 12.1 Å². The monoisotopic (exact) mass is 448 g/mol. The lowest BCUT2D eigenvalue weighted by Crippen LogP contribution is -2.29. The maximum absolute atomic E-state index is 14.0. The van der Waals surface area contributed by atoms with Gasteiger partial charge in [-0.25, -0.2) is 4.39 Å². The van der Waals surface area contributed by atoms with Crippen LogP contribution < -0.4 is 9.47 Å². The van der Waals surface area contributed by atoms with Crippen LogP contribution in [0.1, 0.15) is 22.7 Å². The molecule has 2 heterocycles. The number of aromatic nitrogens is 1. The van der Waals surface area contributed by atoms with Crippen molar-refractivity contribution >= 4 is 17.4 Å². The Balaban J connectivity index is 1.90. The zero-order valence-electron chi connectivity index (χ0n) is 18.0. The lowest BCUT2D eigenvalue weighted by atomic mass is 9.94. The summed E-state index contributed by atoms with van der Waals surface area (Å²) in [7, 11) is 2.90. The summed E-state index contributed by atoms with van der Waals surface area (Å²) in [5.74, 6) is -2.01. The molecule has 1 aliphatic heterocycles. The van der Waals surface area contributed by atoms with E-state index in [2.05, 4.69) is 4.98 Å². The Kier molecular flexibility index (Phi) is 6.08. The Morgan fingerprint density at radius 2 is 1.73 bits per heavy atom. The second-order valence-corrected chi connectivity index (χ2v) is 7.40. The molecule has 1 atom stereocenters. The number of likely N-dealkylation sites (tertiary alicyclic amines) is 1. The number of nitrogens with zero attached hydrogens (tertiary/aromatic N) is 2. The van der Waals surface area contributed by atoms with Gasteiger partial charge < -0.3 is 19.5 Å². The normalized spacial score (nSPS) is 17.3. The molecule has 8 heteroatoms. The van der Waals surface area contributed by atoms with Gasteiger partial charge in [0.2, 0.25) is 0 Å². The largest absolute Gasteiger partial charge is 0.507 e. The summed E-state index contributed by atoms with van der Waals surface area (Å²) in [5.41, 5.74) is 1.18. The quantitative estimate of drug-likeness (QED) is 0.350. The number of amides is 1. The molecule has 0 spiro atoms. The maximum atomic E-state index is 14.0. The molecule has 0 aliphatic carbocycles. The lowest BCUT2D eigenvalue weighted by molar-refractivity contribution is -0.140. The Morgan fingerprint density at radius 3 is 2.36 bits per heavy atom. The fourth-order valence-electron chi connectivity index (χ4n) is 3.87. The number of rotatable bonds is 6. The molecule has 1 unspecified atom stereocenters. The standard InChI is InChI=1S/C25H21FN2O5/c1-32-18-6-3-16(4-7-18)22-21(23(29)19-13-17(26)5-8-20(19)33-2)24(30)25(31)28(22)14-15-9-11-27-12-10-15/h3-13,22,29H,14H2,1-2H3/b23-21+. The molecular formula is C25H21FN2O5. The van der Waals surface area contributed by atoms with Crippen LogP contribution in [0.4, 0.5) is 4.39 Å². The number of hydrogen-bond donors (Lipinski definition) is 1. The van der Waals surface area contributed by atoms with E-state index in [1.54, 1.807) is 48.8 Å². The number of carbonyl (C=O) groups excluding carboxylic acids is 2. The first-order valence-electron chi connectivity index (χ1n) is 10.1. The molecule has 1 N–H and O–H groups in total. The van der Waals surface area contributed by atoms with Gasteiger partial charge in [0.1, 0.15) is 23.1 Å². The summed E-state index contributed by atoms with van der Waals surface area (Å²) in [6.07, 6.45) is 3.18. The number of pyridine rings is 1. The van der Waals surface area contributed by atoms with E-state index >= 15 is 0 Å². The molecule has 168 valence electrons. The molecule has 1 amide bonds. The molecule has 0 bridgehead atoms. The zero-order valence-corrected chi connectivity index (χ0v) is 18.0. The number of ether oxygens (including phenoxy) is 2. The maximum Gasteiger partial charge on any atom is 0.295 e. The molecule has 1 aromatic heterocycles. The highest BCUT2D eigenvalue weighted by molar-refractivity contribution is 6.46. The summed E-state index contributed by atoms with van der Waals surface area (Å²) < 4.78 is 24.5. The van der Waals surface area contributed by atoms with Crippen molar-refractivity contribution in [2.75, 3.05) is 14.2 Å². The van der Waals surface area contributed by atoms with Crippen LogP contribution in [0.25, 0.3) is 5.76 Å². The van der Waals surface area contributed by atoms with Crippen LogP contribution in [0.15, 0.2) is 72.6 Å². The van der Waals surface area contributed by atoms with Crippen LogP contribution in [0.2, 0.25) is 0 Å². The van der Waals surface area contributed by atoms with E-state index in [0.717, 1.165) is 11.6 Å². The van der Waals surface area contributed by atoms with E-state index in [0.29, 0.717) is 11.3 Å². The summed E-state index contributed by atoms with van der Waals surface area (Å²) in [5, 5.41) is 11.2. The van der Waals surface area contributed by atoms with E-state index < -0.39 is 29.3 Å². The average molecular weight is 448 g/mol. The molecule has 2 aromatic carbocycles. The fraction of sp³-hybridized carbons (Fsp3) is 0.160. The highest BCUT2D eigenvalue weighted by Gasteiger charge is 2.46. The predicted octanol–water partition coefficient (Wildman–Crippen LogP) is 3.86. The van der Waals surface area contributed by atoms with Crippen LogP contribution in [-0.2, 0) is 16.1 Å². The minimum absolute atomic E-state index is 0.0158. The molecule has 1 aliphatic rings. The minimum Gasteiger partial charge on any atom is -0.507 e. The van der Waals surface area contributed by atoms with Crippen LogP contribution >= 0.6 is 0 Å². The topological polar surface area (TPSA) is 89.0 Å². The predicted molar refractivity (Wildman–Crippen MR) is 118 cm³/mol. The van der Waals surface area contributed by atoms with Crippen LogP contribution in [0.5, 0.6) is 11.5 Å². The van der Waals surface area contributed by atoms with E-state index in [9.17, 15) is 19.1 Å². The lowest BCUT2D eigenvalue weighted by Gasteiger charge is -2.25. The van der Waals surface area contributed by atoms with Crippen LogP contribution in [-0.4, -0.2) is 40.9 Å². The molecule has 3 aromatic rings. The molecule has 0 saturated carbocycles. The van der Waals surface area contributed by atoms with Crippen molar-refractivity contribution in [3.05, 3.63) is 95.1 Å². The number of hydrogen-bond acceptors (Lipinski definition) is 6. The second-order valence-electron chi connectivity index (χ2n) is 7.40. The van der Waals surface area contributed by atoms with E-state index in [4.69, 9.17) is 9.47 Å². The highest BCUT2D eigenvalue weighted by Crippen LogP contribution is 2.42. The molecule has 0 radical (unpaired) electrons. The number of benzene rings is 2. The van der Waals surface area contributed by atoms with Gasteiger partial charge in [0, 0.05) is 18.9 Å². The van der Waals surface area contributed by atoms with E-state index in [1.165, 1.54) is 31.3 Å². The SMILES string of the molecule is COc1ccc(C2/C(=C(\O)c3cc(F)ccc3OC)C(=O)C(=O)N2Cc2ccncc2)cc1. The Bertz CT molecular complexity index is 1230. The zero-order chi connectivity index (χ0) is 23.5.